The second kappa shape index (κ2) is 8.20. The van der Waals surface area contributed by atoms with Crippen LogP contribution >= 0.6 is 0 Å². The number of allylic oxidation sites excluding steroid dienone is 1. The van der Waals surface area contributed by atoms with Crippen LogP contribution in [0.3, 0.4) is 0 Å². The van der Waals surface area contributed by atoms with Crippen LogP contribution in [0, 0.1) is 5.41 Å². The number of hydrogen-bond donors (Lipinski definition) is 4. The number of nitrogens with two attached hydrogens (primary N) is 1. The van der Waals surface area contributed by atoms with E-state index in [0.29, 0.717) is 34.5 Å². The van der Waals surface area contributed by atoms with Gasteiger partial charge in [-0.05, 0) is 83.2 Å². The average Bonchev–Trinajstić information content (AvgIpc) is 3.53. The molecule has 5 N–H and O–H groups in total. The Morgan fingerprint density at radius 2 is 1.78 bits per heavy atom. The van der Waals surface area contributed by atoms with Gasteiger partial charge in [-0.1, -0.05) is 6.07 Å². The summed E-state index contributed by atoms with van der Waals surface area (Å²) < 4.78 is 0. The van der Waals surface area contributed by atoms with Gasteiger partial charge in [-0.3, -0.25) is 0 Å². The zero-order valence-electron chi connectivity index (χ0n) is 19.4. The van der Waals surface area contributed by atoms with Gasteiger partial charge in [0.05, 0.1) is 5.69 Å². The van der Waals surface area contributed by atoms with Gasteiger partial charge in [0.1, 0.15) is 5.75 Å². The number of nitrogens with one attached hydrogen (secondary N) is 2. The van der Waals surface area contributed by atoms with Crippen LogP contribution in [0.4, 0.5) is 5.82 Å². The number of aromatic hydroxyl groups is 1. The minimum absolute atomic E-state index is 0.0633. The van der Waals surface area contributed by atoms with Gasteiger partial charge in [-0.2, -0.15) is 0 Å². The largest absolute Gasteiger partial charge is 0.507 e. The van der Waals surface area contributed by atoms with E-state index >= 15 is 0 Å². The summed E-state index contributed by atoms with van der Waals surface area (Å²) in [6.45, 7) is 9.10. The smallest absolute Gasteiger partial charge is 0.151 e. The van der Waals surface area contributed by atoms with Crippen LogP contribution in [0.25, 0.3) is 16.8 Å². The summed E-state index contributed by atoms with van der Waals surface area (Å²) in [7, 11) is 0. The number of aromatic nitrogens is 2. The average molecular weight is 435 g/mol. The highest BCUT2D eigenvalue weighted by atomic mass is 16.3. The van der Waals surface area contributed by atoms with Crippen molar-refractivity contribution in [2.24, 2.45) is 5.73 Å². The molecule has 1 saturated heterocycles. The highest BCUT2D eigenvalue weighted by molar-refractivity contribution is 6.08. The summed E-state index contributed by atoms with van der Waals surface area (Å²) in [6.07, 6.45) is 7.02. The number of rotatable bonds is 6. The highest BCUT2D eigenvalue weighted by Gasteiger charge is 2.44. The second-order valence-electron chi connectivity index (χ2n) is 10.4. The first kappa shape index (κ1) is 22.3. The Morgan fingerprint density at radius 1 is 1.09 bits per heavy atom. The predicted molar refractivity (Wildman–Crippen MR) is 130 cm³/mol. The van der Waals surface area contributed by atoms with E-state index in [1.54, 1.807) is 12.1 Å². The zero-order valence-corrected chi connectivity index (χ0v) is 19.4. The highest BCUT2D eigenvalue weighted by Crippen LogP contribution is 2.40. The molecule has 0 amide bonds. The lowest BCUT2D eigenvalue weighted by Gasteiger charge is -2.50. The van der Waals surface area contributed by atoms with Crippen LogP contribution in [-0.2, 0) is 0 Å². The van der Waals surface area contributed by atoms with E-state index in [0.717, 1.165) is 18.7 Å². The van der Waals surface area contributed by atoms with Gasteiger partial charge in [0, 0.05) is 46.7 Å². The number of phenolic OH excluding ortho intramolecular Hbond substituents is 1. The van der Waals surface area contributed by atoms with Crippen molar-refractivity contribution >= 4 is 17.6 Å². The molecule has 0 atom stereocenters. The Kier molecular flexibility index (Phi) is 5.71. The normalized spacial score (nSPS) is 20.7. The van der Waals surface area contributed by atoms with E-state index in [4.69, 9.17) is 11.1 Å². The van der Waals surface area contributed by atoms with E-state index in [9.17, 15) is 5.11 Å². The summed E-state index contributed by atoms with van der Waals surface area (Å²) in [4.78, 5) is 2.48. The van der Waals surface area contributed by atoms with Crippen molar-refractivity contribution < 1.29 is 5.11 Å². The Balaban J connectivity index is 1.60. The molecule has 1 aromatic heterocycles. The van der Waals surface area contributed by atoms with Gasteiger partial charge in [0.15, 0.2) is 5.82 Å². The lowest BCUT2D eigenvalue weighted by molar-refractivity contribution is 0.157. The first-order valence-electron chi connectivity index (χ1n) is 11.3. The van der Waals surface area contributed by atoms with E-state index in [-0.39, 0.29) is 16.8 Å². The Hall–Kier alpha value is -2.93. The fourth-order valence-corrected chi connectivity index (χ4v) is 5.25. The van der Waals surface area contributed by atoms with Crippen LogP contribution in [-0.4, -0.2) is 44.7 Å². The SMILES string of the molecule is CC1(C)CC(N(c2ccc(-c3ccc(/C(C=N)=C/N)cc3O)nn2)C2CC2)CC(C)(C)N1. The number of anilines is 1. The maximum atomic E-state index is 10.6. The first-order chi connectivity index (χ1) is 15.1. The molecule has 7 heteroatoms. The molecule has 1 aromatic carbocycles. The minimum atomic E-state index is 0.0633. The van der Waals surface area contributed by atoms with Gasteiger partial charge in [-0.15, -0.1) is 10.2 Å². The van der Waals surface area contributed by atoms with Crippen LogP contribution in [0.2, 0.25) is 0 Å². The molecule has 1 aliphatic carbocycles. The molecule has 2 heterocycles. The summed E-state index contributed by atoms with van der Waals surface area (Å²) >= 11 is 0. The van der Waals surface area contributed by atoms with Crippen LogP contribution < -0.4 is 16.0 Å². The minimum Gasteiger partial charge on any atom is -0.507 e. The van der Waals surface area contributed by atoms with Gasteiger partial charge in [0.2, 0.25) is 0 Å². The van der Waals surface area contributed by atoms with Gasteiger partial charge >= 0.3 is 0 Å². The van der Waals surface area contributed by atoms with Crippen LogP contribution in [0.15, 0.2) is 36.5 Å². The molecule has 4 rings (SSSR count). The first-order valence-corrected chi connectivity index (χ1v) is 11.3. The predicted octanol–water partition coefficient (Wildman–Crippen LogP) is 4.08. The lowest BCUT2D eigenvalue weighted by atomic mass is 9.79. The molecule has 0 radical (unpaired) electrons. The van der Waals surface area contributed by atoms with E-state index < -0.39 is 0 Å². The molecule has 170 valence electrons. The van der Waals surface area contributed by atoms with E-state index in [1.807, 2.05) is 18.2 Å². The molecule has 1 saturated carbocycles. The summed E-state index contributed by atoms with van der Waals surface area (Å²) in [5.41, 5.74) is 8.14. The molecular weight excluding hydrogens is 400 g/mol. The maximum Gasteiger partial charge on any atom is 0.151 e. The number of nitrogens with zero attached hydrogens (tertiary/aromatic N) is 3. The van der Waals surface area contributed by atoms with Crippen molar-refractivity contribution in [1.29, 1.82) is 5.41 Å². The molecule has 0 bridgehead atoms. The Morgan fingerprint density at radius 3 is 2.28 bits per heavy atom. The molecule has 2 aromatic rings. The third-order valence-corrected chi connectivity index (χ3v) is 6.36. The van der Waals surface area contributed by atoms with Crippen LogP contribution in [0.1, 0.15) is 58.9 Å². The summed E-state index contributed by atoms with van der Waals surface area (Å²) in [6, 6.07) is 10.1. The molecular formula is C25H34N6O. The van der Waals surface area contributed by atoms with Crippen molar-refractivity contribution in [2.45, 2.75) is 76.5 Å². The molecule has 2 fully saturated rings. The molecule has 0 unspecified atom stereocenters. The van der Waals surface area contributed by atoms with Crippen molar-refractivity contribution in [2.75, 3.05) is 4.90 Å². The third kappa shape index (κ3) is 4.63. The number of hydrogen-bond acceptors (Lipinski definition) is 7. The fourth-order valence-electron chi connectivity index (χ4n) is 5.25. The standard InChI is InChI=1S/C25H34N6O/c1-24(2)12-19(13-25(3,4)30-24)31(18-6-7-18)23-10-9-21(28-29-23)20-8-5-16(11-22(20)32)17(14-26)15-27/h5,8-11,14-15,18-19,26,30,32H,6-7,12-13,27H2,1-4H3/b17-15+,26-14?. The third-order valence-electron chi connectivity index (χ3n) is 6.36. The van der Waals surface area contributed by atoms with Gasteiger partial charge in [-0.25, -0.2) is 0 Å². The fraction of sp³-hybridized carbons (Fsp3) is 0.480. The van der Waals surface area contributed by atoms with Gasteiger partial charge in [0.25, 0.3) is 0 Å². The van der Waals surface area contributed by atoms with Crippen molar-refractivity contribution in [3.05, 3.63) is 42.1 Å². The summed E-state index contributed by atoms with van der Waals surface area (Å²) in [5, 5.41) is 30.8. The lowest BCUT2D eigenvalue weighted by Crippen LogP contribution is -2.62. The molecule has 1 aliphatic heterocycles. The molecule has 7 nitrogen and oxygen atoms in total. The number of piperidine rings is 1. The molecule has 0 spiro atoms. The second-order valence-corrected chi connectivity index (χ2v) is 10.4. The van der Waals surface area contributed by atoms with Crippen molar-refractivity contribution in [3.63, 3.8) is 0 Å². The number of phenols is 1. The van der Waals surface area contributed by atoms with Crippen molar-refractivity contribution in [1.82, 2.24) is 15.5 Å². The molecule has 32 heavy (non-hydrogen) atoms. The van der Waals surface area contributed by atoms with Gasteiger partial charge < -0.3 is 26.5 Å². The number of benzene rings is 1. The monoisotopic (exact) mass is 434 g/mol. The zero-order chi connectivity index (χ0) is 23.1. The van der Waals surface area contributed by atoms with Crippen LogP contribution in [0.5, 0.6) is 5.75 Å². The van der Waals surface area contributed by atoms with E-state index in [2.05, 4.69) is 48.1 Å². The molecule has 2 aliphatic rings. The van der Waals surface area contributed by atoms with E-state index in [1.165, 1.54) is 25.3 Å². The Labute approximate surface area is 190 Å². The van der Waals surface area contributed by atoms with Crippen molar-refractivity contribution in [3.8, 4) is 17.0 Å². The maximum absolute atomic E-state index is 10.6. The quantitative estimate of drug-likeness (QED) is 0.510. The summed E-state index contributed by atoms with van der Waals surface area (Å²) in [5.74, 6) is 0.995. The topological polar surface area (TPSA) is 111 Å². The Bertz CT molecular complexity index is 1010.